The molecule has 0 spiro atoms. The van der Waals surface area contributed by atoms with Crippen molar-refractivity contribution in [1.29, 1.82) is 0 Å². The van der Waals surface area contributed by atoms with Crippen LogP contribution in [0, 0.1) is 0 Å². The number of carbonyl (C=O) groups is 2. The first-order chi connectivity index (χ1) is 14.6. The molecule has 1 N–H and O–H groups in total. The Kier molecular flexibility index (Phi) is 6.15. The molecule has 2 aromatic carbocycles. The molecule has 0 aromatic heterocycles. The minimum Gasteiger partial charge on any atom is -0.495 e. The SMILES string of the molecule is COc1ccccc1NC(=O)CN1CCN(CC(=O)c2ccc3c(c2)OCO3)CC1. The lowest BCUT2D eigenvalue weighted by Crippen LogP contribution is -2.49. The summed E-state index contributed by atoms with van der Waals surface area (Å²) < 4.78 is 15.9. The number of nitrogens with one attached hydrogen (secondary N) is 1. The fourth-order valence-electron chi connectivity index (χ4n) is 3.61. The maximum atomic E-state index is 12.6. The standard InChI is InChI=1S/C22H25N3O5/c1-28-19-5-3-2-4-17(19)23-22(27)14-25-10-8-24(9-11-25)13-18(26)16-6-7-20-21(12-16)30-15-29-20/h2-7,12H,8-11,13-15H2,1H3,(H,23,27). The number of para-hydroxylation sites is 2. The summed E-state index contributed by atoms with van der Waals surface area (Å²) in [5.74, 6) is 1.90. The van der Waals surface area contributed by atoms with Crippen LogP contribution in [0.4, 0.5) is 5.69 Å². The summed E-state index contributed by atoms with van der Waals surface area (Å²) in [6.45, 7) is 3.78. The first-order valence-corrected chi connectivity index (χ1v) is 9.93. The Morgan fingerprint density at radius 3 is 2.43 bits per heavy atom. The Bertz CT molecular complexity index is 925. The fourth-order valence-corrected chi connectivity index (χ4v) is 3.61. The lowest BCUT2D eigenvalue weighted by Gasteiger charge is -2.33. The normalized spacial score (nSPS) is 16.3. The van der Waals surface area contributed by atoms with Gasteiger partial charge in [-0.2, -0.15) is 0 Å². The van der Waals surface area contributed by atoms with Gasteiger partial charge in [0.15, 0.2) is 17.3 Å². The number of ketones is 1. The summed E-state index contributed by atoms with van der Waals surface area (Å²) in [4.78, 5) is 29.2. The Morgan fingerprint density at radius 2 is 1.67 bits per heavy atom. The van der Waals surface area contributed by atoms with Gasteiger partial charge in [-0.1, -0.05) is 12.1 Å². The molecule has 2 heterocycles. The van der Waals surface area contributed by atoms with Gasteiger partial charge in [0, 0.05) is 31.7 Å². The molecule has 0 saturated carbocycles. The van der Waals surface area contributed by atoms with E-state index in [0.29, 0.717) is 41.6 Å². The summed E-state index contributed by atoms with van der Waals surface area (Å²) in [6.07, 6.45) is 0. The highest BCUT2D eigenvalue weighted by Gasteiger charge is 2.22. The molecule has 0 atom stereocenters. The van der Waals surface area contributed by atoms with E-state index in [1.165, 1.54) is 0 Å². The maximum absolute atomic E-state index is 12.6. The first-order valence-electron chi connectivity index (χ1n) is 9.93. The summed E-state index contributed by atoms with van der Waals surface area (Å²) in [5.41, 5.74) is 1.29. The van der Waals surface area contributed by atoms with Gasteiger partial charge >= 0.3 is 0 Å². The molecule has 8 nitrogen and oxygen atoms in total. The average molecular weight is 411 g/mol. The zero-order valence-corrected chi connectivity index (χ0v) is 16.9. The number of ether oxygens (including phenoxy) is 3. The molecule has 4 rings (SSSR count). The van der Waals surface area contributed by atoms with Gasteiger partial charge in [-0.25, -0.2) is 0 Å². The molecule has 1 amide bonds. The highest BCUT2D eigenvalue weighted by molar-refractivity contribution is 5.98. The molecule has 0 radical (unpaired) electrons. The van der Waals surface area contributed by atoms with E-state index in [-0.39, 0.29) is 18.5 Å². The molecular weight excluding hydrogens is 386 g/mol. The molecule has 2 aliphatic heterocycles. The molecule has 30 heavy (non-hydrogen) atoms. The zero-order chi connectivity index (χ0) is 20.9. The minimum absolute atomic E-state index is 0.0515. The predicted molar refractivity (Wildman–Crippen MR) is 111 cm³/mol. The number of hydrogen-bond acceptors (Lipinski definition) is 7. The second-order valence-electron chi connectivity index (χ2n) is 7.29. The van der Waals surface area contributed by atoms with Crippen molar-refractivity contribution in [2.45, 2.75) is 0 Å². The molecule has 0 aliphatic carbocycles. The van der Waals surface area contributed by atoms with Crippen LogP contribution in [-0.2, 0) is 4.79 Å². The van der Waals surface area contributed by atoms with Crippen LogP contribution in [0.3, 0.4) is 0 Å². The van der Waals surface area contributed by atoms with E-state index >= 15 is 0 Å². The van der Waals surface area contributed by atoms with Crippen LogP contribution >= 0.6 is 0 Å². The fraction of sp³-hybridized carbons (Fsp3) is 0.364. The number of nitrogens with zero attached hydrogens (tertiary/aromatic N) is 2. The van der Waals surface area contributed by atoms with E-state index < -0.39 is 0 Å². The molecule has 2 aromatic rings. The number of piperazine rings is 1. The van der Waals surface area contributed by atoms with Gasteiger partial charge in [-0.05, 0) is 30.3 Å². The van der Waals surface area contributed by atoms with Crippen molar-refractivity contribution in [3.63, 3.8) is 0 Å². The lowest BCUT2D eigenvalue weighted by atomic mass is 10.1. The quantitative estimate of drug-likeness (QED) is 0.697. The van der Waals surface area contributed by atoms with E-state index in [2.05, 4.69) is 15.1 Å². The van der Waals surface area contributed by atoms with Crippen LogP contribution in [-0.4, -0.2) is 74.7 Å². The second-order valence-corrected chi connectivity index (χ2v) is 7.29. The van der Waals surface area contributed by atoms with E-state index in [9.17, 15) is 9.59 Å². The van der Waals surface area contributed by atoms with Gasteiger partial charge in [0.2, 0.25) is 12.7 Å². The monoisotopic (exact) mass is 411 g/mol. The largest absolute Gasteiger partial charge is 0.495 e. The summed E-state index contributed by atoms with van der Waals surface area (Å²) in [5, 5.41) is 2.90. The van der Waals surface area contributed by atoms with Crippen molar-refractivity contribution in [3.05, 3.63) is 48.0 Å². The Balaban J connectivity index is 1.24. The second kappa shape index (κ2) is 9.15. The van der Waals surface area contributed by atoms with Gasteiger partial charge in [0.05, 0.1) is 25.9 Å². The van der Waals surface area contributed by atoms with Gasteiger partial charge in [-0.15, -0.1) is 0 Å². The van der Waals surface area contributed by atoms with Crippen molar-refractivity contribution < 1.29 is 23.8 Å². The summed E-state index contributed by atoms with van der Waals surface area (Å²) >= 11 is 0. The van der Waals surface area contributed by atoms with Crippen molar-refractivity contribution in [2.24, 2.45) is 0 Å². The van der Waals surface area contributed by atoms with Gasteiger partial charge < -0.3 is 19.5 Å². The number of amides is 1. The van der Waals surface area contributed by atoms with E-state index in [1.54, 1.807) is 25.3 Å². The molecule has 2 aliphatic rings. The Morgan fingerprint density at radius 1 is 0.967 bits per heavy atom. The smallest absolute Gasteiger partial charge is 0.238 e. The third-order valence-corrected chi connectivity index (χ3v) is 5.27. The van der Waals surface area contributed by atoms with E-state index in [1.807, 2.05) is 24.3 Å². The van der Waals surface area contributed by atoms with Gasteiger partial charge in [0.1, 0.15) is 5.75 Å². The topological polar surface area (TPSA) is 80.3 Å². The van der Waals surface area contributed by atoms with E-state index in [4.69, 9.17) is 14.2 Å². The lowest BCUT2D eigenvalue weighted by molar-refractivity contribution is -0.117. The summed E-state index contributed by atoms with van der Waals surface area (Å²) in [6, 6.07) is 12.6. The average Bonchev–Trinajstić information content (AvgIpc) is 3.23. The number of fused-ring (bicyclic) bond motifs is 1. The molecule has 0 bridgehead atoms. The summed E-state index contributed by atoms with van der Waals surface area (Å²) in [7, 11) is 1.58. The molecule has 8 heteroatoms. The molecule has 158 valence electrons. The van der Waals surface area contributed by atoms with Crippen LogP contribution in [0.25, 0.3) is 0 Å². The maximum Gasteiger partial charge on any atom is 0.238 e. The van der Waals surface area contributed by atoms with Crippen LogP contribution in [0.1, 0.15) is 10.4 Å². The Labute approximate surface area is 175 Å². The number of hydrogen-bond donors (Lipinski definition) is 1. The van der Waals surface area contributed by atoms with Gasteiger partial charge in [0.25, 0.3) is 0 Å². The van der Waals surface area contributed by atoms with Crippen LogP contribution in [0.2, 0.25) is 0 Å². The highest BCUT2D eigenvalue weighted by Crippen LogP contribution is 2.32. The van der Waals surface area contributed by atoms with Gasteiger partial charge in [-0.3, -0.25) is 19.4 Å². The number of benzene rings is 2. The van der Waals surface area contributed by atoms with Crippen molar-refractivity contribution in [3.8, 4) is 17.2 Å². The first kappa shape index (κ1) is 20.2. The Hall–Kier alpha value is -3.10. The van der Waals surface area contributed by atoms with Crippen LogP contribution in [0.15, 0.2) is 42.5 Å². The van der Waals surface area contributed by atoms with Crippen molar-refractivity contribution in [1.82, 2.24) is 9.80 Å². The number of methoxy groups -OCH3 is 1. The number of rotatable bonds is 7. The molecule has 0 unspecified atom stereocenters. The number of Topliss-reactive ketones (excluding diaryl/α,β-unsaturated/α-hetero) is 1. The third-order valence-electron chi connectivity index (χ3n) is 5.27. The molecule has 1 saturated heterocycles. The van der Waals surface area contributed by atoms with E-state index in [0.717, 1.165) is 26.2 Å². The molecular formula is C22H25N3O5. The zero-order valence-electron chi connectivity index (χ0n) is 16.9. The van der Waals surface area contributed by atoms with Crippen molar-refractivity contribution in [2.75, 3.05) is 58.5 Å². The highest BCUT2D eigenvalue weighted by atomic mass is 16.7. The minimum atomic E-state index is -0.0793. The van der Waals surface area contributed by atoms with Crippen LogP contribution in [0.5, 0.6) is 17.2 Å². The number of anilines is 1. The van der Waals surface area contributed by atoms with Crippen molar-refractivity contribution >= 4 is 17.4 Å². The number of carbonyl (C=O) groups excluding carboxylic acids is 2. The van der Waals surface area contributed by atoms with Crippen LogP contribution < -0.4 is 19.5 Å². The predicted octanol–water partition coefficient (Wildman–Crippen LogP) is 1.86. The third kappa shape index (κ3) is 4.72. The molecule has 1 fully saturated rings.